The maximum atomic E-state index is 11.7. The molecule has 1 amide bonds. The predicted octanol–water partition coefficient (Wildman–Crippen LogP) is 2.15. The molecular formula is C11H16N2O3S. The summed E-state index contributed by atoms with van der Waals surface area (Å²) in [6.45, 7) is 4.02. The number of carboxylic acids is 1. The minimum atomic E-state index is -1.11. The standard InChI is InChI=1S/C11H16N2O3S/c1-3-4-5-7(2)12-9(14)10-13-8(6-17-10)11(15)16/h6-7H,3-5H2,1-2H3,(H,12,14)(H,15,16). The summed E-state index contributed by atoms with van der Waals surface area (Å²) in [7, 11) is 0. The lowest BCUT2D eigenvalue weighted by Gasteiger charge is -2.11. The quantitative estimate of drug-likeness (QED) is 0.817. The van der Waals surface area contributed by atoms with Gasteiger partial charge in [0, 0.05) is 11.4 Å². The van der Waals surface area contributed by atoms with E-state index in [1.165, 1.54) is 5.38 Å². The van der Waals surface area contributed by atoms with Crippen molar-refractivity contribution >= 4 is 23.2 Å². The van der Waals surface area contributed by atoms with Gasteiger partial charge < -0.3 is 10.4 Å². The van der Waals surface area contributed by atoms with Crippen LogP contribution in [-0.4, -0.2) is 28.0 Å². The summed E-state index contributed by atoms with van der Waals surface area (Å²) < 4.78 is 0. The molecule has 0 aliphatic rings. The zero-order valence-corrected chi connectivity index (χ0v) is 10.7. The number of thiazole rings is 1. The molecule has 1 unspecified atom stereocenters. The molecule has 1 aromatic rings. The van der Waals surface area contributed by atoms with Crippen molar-refractivity contribution < 1.29 is 14.7 Å². The van der Waals surface area contributed by atoms with Crippen molar-refractivity contribution in [3.8, 4) is 0 Å². The van der Waals surface area contributed by atoms with Gasteiger partial charge in [-0.1, -0.05) is 19.8 Å². The molecule has 2 N–H and O–H groups in total. The molecule has 1 atom stereocenters. The van der Waals surface area contributed by atoms with Gasteiger partial charge in [-0.25, -0.2) is 9.78 Å². The summed E-state index contributed by atoms with van der Waals surface area (Å²) in [5, 5.41) is 13.1. The number of aromatic carboxylic acids is 1. The lowest BCUT2D eigenvalue weighted by atomic mass is 10.1. The fourth-order valence-electron chi connectivity index (χ4n) is 1.34. The number of carboxylic acid groups (broad SMARTS) is 1. The first-order valence-corrected chi connectivity index (χ1v) is 6.42. The number of carbonyl (C=O) groups excluding carboxylic acids is 1. The molecule has 6 heteroatoms. The Labute approximate surface area is 104 Å². The highest BCUT2D eigenvalue weighted by atomic mass is 32.1. The van der Waals surface area contributed by atoms with Crippen LogP contribution in [0.2, 0.25) is 0 Å². The van der Waals surface area contributed by atoms with Gasteiger partial charge in [-0.2, -0.15) is 0 Å². The molecule has 0 saturated heterocycles. The zero-order valence-electron chi connectivity index (χ0n) is 9.90. The highest BCUT2D eigenvalue weighted by Gasteiger charge is 2.16. The van der Waals surface area contributed by atoms with Crippen molar-refractivity contribution in [3.63, 3.8) is 0 Å². The molecule has 5 nitrogen and oxygen atoms in total. The molecule has 0 saturated carbocycles. The SMILES string of the molecule is CCCCC(C)NC(=O)c1nc(C(=O)O)cs1. The average molecular weight is 256 g/mol. The van der Waals surface area contributed by atoms with Gasteiger partial charge in [0.25, 0.3) is 5.91 Å². The van der Waals surface area contributed by atoms with Crippen molar-refractivity contribution in [2.24, 2.45) is 0 Å². The second kappa shape index (κ2) is 6.34. The maximum absolute atomic E-state index is 11.7. The van der Waals surface area contributed by atoms with Crippen LogP contribution in [0.15, 0.2) is 5.38 Å². The second-order valence-corrected chi connectivity index (χ2v) is 4.72. The molecule has 0 radical (unpaired) electrons. The van der Waals surface area contributed by atoms with Crippen LogP contribution >= 0.6 is 11.3 Å². The minimum absolute atomic E-state index is 0.0821. The lowest BCUT2D eigenvalue weighted by Crippen LogP contribution is -2.32. The Morgan fingerprint density at radius 3 is 2.82 bits per heavy atom. The normalized spacial score (nSPS) is 12.1. The van der Waals surface area contributed by atoms with Gasteiger partial charge in [0.1, 0.15) is 0 Å². The first-order valence-electron chi connectivity index (χ1n) is 5.54. The number of hydrogen-bond donors (Lipinski definition) is 2. The van der Waals surface area contributed by atoms with Gasteiger partial charge in [-0.3, -0.25) is 4.79 Å². The van der Waals surface area contributed by atoms with E-state index in [1.807, 2.05) is 6.92 Å². The molecule has 94 valence electrons. The van der Waals surface area contributed by atoms with Crippen LogP contribution in [0, 0.1) is 0 Å². The second-order valence-electron chi connectivity index (χ2n) is 3.86. The van der Waals surface area contributed by atoms with Crippen LogP contribution in [0.3, 0.4) is 0 Å². The van der Waals surface area contributed by atoms with Gasteiger partial charge in [-0.05, 0) is 13.3 Å². The molecule has 17 heavy (non-hydrogen) atoms. The minimum Gasteiger partial charge on any atom is -0.476 e. The Balaban J connectivity index is 2.54. The van der Waals surface area contributed by atoms with Crippen LogP contribution in [0.25, 0.3) is 0 Å². The van der Waals surface area contributed by atoms with E-state index in [0.29, 0.717) is 0 Å². The van der Waals surface area contributed by atoms with E-state index in [1.54, 1.807) is 0 Å². The highest BCUT2D eigenvalue weighted by Crippen LogP contribution is 2.10. The van der Waals surface area contributed by atoms with Crippen molar-refractivity contribution in [2.75, 3.05) is 0 Å². The Morgan fingerprint density at radius 2 is 2.29 bits per heavy atom. The lowest BCUT2D eigenvalue weighted by molar-refractivity contribution is 0.0691. The first kappa shape index (κ1) is 13.6. The predicted molar refractivity (Wildman–Crippen MR) is 65.5 cm³/mol. The van der Waals surface area contributed by atoms with Crippen LogP contribution in [-0.2, 0) is 0 Å². The third-order valence-corrected chi connectivity index (χ3v) is 3.13. The molecule has 0 aliphatic heterocycles. The topological polar surface area (TPSA) is 79.3 Å². The van der Waals surface area contributed by atoms with E-state index in [2.05, 4.69) is 17.2 Å². The Bertz CT molecular complexity index is 403. The maximum Gasteiger partial charge on any atom is 0.355 e. The highest BCUT2D eigenvalue weighted by molar-refractivity contribution is 7.11. The van der Waals surface area contributed by atoms with Gasteiger partial charge in [0.15, 0.2) is 10.7 Å². The Hall–Kier alpha value is -1.43. The van der Waals surface area contributed by atoms with E-state index in [9.17, 15) is 9.59 Å². The van der Waals surface area contributed by atoms with E-state index >= 15 is 0 Å². The fourth-order valence-corrected chi connectivity index (χ4v) is 2.04. The van der Waals surface area contributed by atoms with Gasteiger partial charge in [0.05, 0.1) is 0 Å². The number of carbonyl (C=O) groups is 2. The van der Waals surface area contributed by atoms with Gasteiger partial charge in [0.2, 0.25) is 0 Å². The number of aromatic nitrogens is 1. The Morgan fingerprint density at radius 1 is 1.59 bits per heavy atom. The number of unbranched alkanes of at least 4 members (excludes halogenated alkanes) is 1. The number of hydrogen-bond acceptors (Lipinski definition) is 4. The van der Waals surface area contributed by atoms with Crippen molar-refractivity contribution in [1.29, 1.82) is 0 Å². The summed E-state index contributed by atoms with van der Waals surface area (Å²) >= 11 is 1.05. The summed E-state index contributed by atoms with van der Waals surface area (Å²) in [6.07, 6.45) is 3.06. The summed E-state index contributed by atoms with van der Waals surface area (Å²) in [4.78, 5) is 26.1. The molecule has 0 bridgehead atoms. The third-order valence-electron chi connectivity index (χ3n) is 2.29. The van der Waals surface area contributed by atoms with E-state index < -0.39 is 5.97 Å². The molecule has 1 rings (SSSR count). The molecule has 0 aliphatic carbocycles. The fraction of sp³-hybridized carbons (Fsp3) is 0.545. The average Bonchev–Trinajstić information content (AvgIpc) is 2.75. The van der Waals surface area contributed by atoms with Crippen molar-refractivity contribution in [3.05, 3.63) is 16.1 Å². The van der Waals surface area contributed by atoms with E-state index in [-0.39, 0.29) is 22.7 Å². The third kappa shape index (κ3) is 4.14. The smallest absolute Gasteiger partial charge is 0.355 e. The molecule has 1 aromatic heterocycles. The summed E-state index contributed by atoms with van der Waals surface area (Å²) in [5.74, 6) is -1.41. The molecule has 0 aromatic carbocycles. The number of amides is 1. The van der Waals surface area contributed by atoms with Gasteiger partial charge in [-0.15, -0.1) is 11.3 Å². The first-order chi connectivity index (χ1) is 8.04. The molecule has 1 heterocycles. The number of nitrogens with one attached hydrogen (secondary N) is 1. The summed E-state index contributed by atoms with van der Waals surface area (Å²) in [6, 6.07) is 0.0830. The monoisotopic (exact) mass is 256 g/mol. The van der Waals surface area contributed by atoms with Crippen LogP contribution in [0.5, 0.6) is 0 Å². The van der Waals surface area contributed by atoms with Gasteiger partial charge >= 0.3 is 5.97 Å². The Kier molecular flexibility index (Phi) is 5.09. The van der Waals surface area contributed by atoms with Crippen LogP contribution < -0.4 is 5.32 Å². The van der Waals surface area contributed by atoms with Crippen LogP contribution in [0.1, 0.15) is 53.4 Å². The van der Waals surface area contributed by atoms with E-state index in [4.69, 9.17) is 5.11 Å². The van der Waals surface area contributed by atoms with Crippen molar-refractivity contribution in [2.45, 2.75) is 39.2 Å². The zero-order chi connectivity index (χ0) is 12.8. The molecule has 0 spiro atoms. The molecule has 0 fully saturated rings. The molecular weight excluding hydrogens is 240 g/mol. The number of rotatable bonds is 6. The number of nitrogens with zero attached hydrogens (tertiary/aromatic N) is 1. The van der Waals surface area contributed by atoms with Crippen molar-refractivity contribution in [1.82, 2.24) is 10.3 Å². The van der Waals surface area contributed by atoms with Crippen LogP contribution in [0.4, 0.5) is 0 Å². The largest absolute Gasteiger partial charge is 0.476 e. The summed E-state index contributed by atoms with van der Waals surface area (Å²) in [5.41, 5.74) is -0.0821. The van der Waals surface area contributed by atoms with E-state index in [0.717, 1.165) is 30.6 Å².